The molecule has 2 saturated heterocycles. The molecule has 0 radical (unpaired) electrons. The van der Waals surface area contributed by atoms with E-state index in [1.165, 1.54) is 25.0 Å². The molecule has 0 spiro atoms. The second kappa shape index (κ2) is 8.01. The van der Waals surface area contributed by atoms with Crippen molar-refractivity contribution < 1.29 is 22.8 Å². The normalized spacial score (nSPS) is 19.4. The second-order valence-electron chi connectivity index (χ2n) is 7.68. The fourth-order valence-corrected chi connectivity index (χ4v) is 3.97. The maximum Gasteiger partial charge on any atom is 0.416 e. The number of benzene rings is 2. The Morgan fingerprint density at radius 3 is 2.33 bits per heavy atom. The van der Waals surface area contributed by atoms with E-state index < -0.39 is 23.6 Å². The number of hydrogen-bond acceptors (Lipinski definition) is 3. The summed E-state index contributed by atoms with van der Waals surface area (Å²) in [5, 5.41) is 2.51. The van der Waals surface area contributed by atoms with Gasteiger partial charge in [0.05, 0.1) is 11.5 Å². The first-order valence-electron chi connectivity index (χ1n) is 9.95. The Bertz CT molecular complexity index is 937. The van der Waals surface area contributed by atoms with E-state index >= 15 is 0 Å². The van der Waals surface area contributed by atoms with Gasteiger partial charge in [0, 0.05) is 43.1 Å². The Morgan fingerprint density at radius 1 is 1.00 bits per heavy atom. The fourth-order valence-electron chi connectivity index (χ4n) is 3.97. The Balaban J connectivity index is 1.41. The first kappa shape index (κ1) is 20.3. The molecule has 1 atom stereocenters. The number of anilines is 3. The van der Waals surface area contributed by atoms with Crippen LogP contribution in [0.25, 0.3) is 0 Å². The van der Waals surface area contributed by atoms with Crippen LogP contribution in [0.3, 0.4) is 0 Å². The average molecular weight is 417 g/mol. The van der Waals surface area contributed by atoms with Crippen molar-refractivity contribution in [3.05, 3.63) is 54.1 Å². The average Bonchev–Trinajstić information content (AvgIpc) is 3.38. The van der Waals surface area contributed by atoms with Crippen LogP contribution in [-0.4, -0.2) is 31.4 Å². The van der Waals surface area contributed by atoms with Crippen LogP contribution in [-0.2, 0) is 15.8 Å². The lowest BCUT2D eigenvalue weighted by Gasteiger charge is -2.20. The van der Waals surface area contributed by atoms with E-state index in [1.807, 2.05) is 24.3 Å². The van der Waals surface area contributed by atoms with Gasteiger partial charge in [-0.25, -0.2) is 0 Å². The molecular weight excluding hydrogens is 395 g/mol. The number of carbonyl (C=O) groups is 2. The van der Waals surface area contributed by atoms with Crippen LogP contribution < -0.4 is 15.1 Å². The van der Waals surface area contributed by atoms with Gasteiger partial charge in [0.1, 0.15) is 0 Å². The molecule has 2 aromatic carbocycles. The molecule has 30 heavy (non-hydrogen) atoms. The van der Waals surface area contributed by atoms with Crippen molar-refractivity contribution in [1.82, 2.24) is 0 Å². The largest absolute Gasteiger partial charge is 0.416 e. The zero-order chi connectivity index (χ0) is 21.3. The summed E-state index contributed by atoms with van der Waals surface area (Å²) in [6.45, 7) is 2.26. The van der Waals surface area contributed by atoms with Crippen molar-refractivity contribution in [2.45, 2.75) is 25.4 Å². The van der Waals surface area contributed by atoms with E-state index in [-0.39, 0.29) is 24.6 Å². The van der Waals surface area contributed by atoms with E-state index in [0.29, 0.717) is 0 Å². The number of halogens is 3. The lowest BCUT2D eigenvalue weighted by atomic mass is 10.1. The zero-order valence-corrected chi connectivity index (χ0v) is 16.3. The topological polar surface area (TPSA) is 52.7 Å². The molecule has 158 valence electrons. The summed E-state index contributed by atoms with van der Waals surface area (Å²) in [6.07, 6.45) is -2.11. The first-order chi connectivity index (χ1) is 14.3. The van der Waals surface area contributed by atoms with Crippen LogP contribution in [0, 0.1) is 5.92 Å². The SMILES string of the molecule is O=C(Nc1cccc(C(F)(F)F)c1)C1CC(=O)N(c2ccc(N3CCCC3)cc2)C1. The van der Waals surface area contributed by atoms with Gasteiger partial charge < -0.3 is 15.1 Å². The maximum atomic E-state index is 12.9. The molecule has 1 N–H and O–H groups in total. The summed E-state index contributed by atoms with van der Waals surface area (Å²) in [4.78, 5) is 28.9. The molecule has 1 unspecified atom stereocenters. The van der Waals surface area contributed by atoms with Gasteiger partial charge in [-0.05, 0) is 55.3 Å². The highest BCUT2D eigenvalue weighted by Crippen LogP contribution is 2.32. The van der Waals surface area contributed by atoms with E-state index in [4.69, 9.17) is 0 Å². The summed E-state index contributed by atoms with van der Waals surface area (Å²) >= 11 is 0. The molecule has 2 aromatic rings. The maximum absolute atomic E-state index is 12.9. The summed E-state index contributed by atoms with van der Waals surface area (Å²) in [7, 11) is 0. The molecule has 0 saturated carbocycles. The first-order valence-corrected chi connectivity index (χ1v) is 9.95. The minimum absolute atomic E-state index is 0.0265. The van der Waals surface area contributed by atoms with Crippen molar-refractivity contribution in [2.75, 3.05) is 34.8 Å². The van der Waals surface area contributed by atoms with Gasteiger partial charge in [-0.3, -0.25) is 9.59 Å². The van der Waals surface area contributed by atoms with Crippen LogP contribution in [0.4, 0.5) is 30.2 Å². The predicted molar refractivity (Wildman–Crippen MR) is 108 cm³/mol. The predicted octanol–water partition coefficient (Wildman–Crippen LogP) is 4.30. The van der Waals surface area contributed by atoms with E-state index in [0.717, 1.165) is 36.6 Å². The molecule has 2 aliphatic rings. The third-order valence-corrected chi connectivity index (χ3v) is 5.59. The van der Waals surface area contributed by atoms with E-state index in [1.54, 1.807) is 4.90 Å². The molecule has 0 aliphatic carbocycles. The molecular formula is C22H22F3N3O2. The Labute approximate surface area is 172 Å². The fraction of sp³-hybridized carbons (Fsp3) is 0.364. The van der Waals surface area contributed by atoms with Gasteiger partial charge in [0.2, 0.25) is 11.8 Å². The van der Waals surface area contributed by atoms with Gasteiger partial charge in [0.15, 0.2) is 0 Å². The summed E-state index contributed by atoms with van der Waals surface area (Å²) in [5.41, 5.74) is 1.07. The molecule has 2 amide bonds. The quantitative estimate of drug-likeness (QED) is 0.807. The Morgan fingerprint density at radius 2 is 1.67 bits per heavy atom. The molecule has 5 nitrogen and oxygen atoms in total. The number of alkyl halides is 3. The number of nitrogens with zero attached hydrogens (tertiary/aromatic N) is 2. The van der Waals surface area contributed by atoms with Crippen molar-refractivity contribution >= 4 is 28.9 Å². The molecule has 2 heterocycles. The summed E-state index contributed by atoms with van der Waals surface area (Å²) < 4.78 is 38.6. The van der Waals surface area contributed by atoms with Gasteiger partial charge >= 0.3 is 6.18 Å². The third kappa shape index (κ3) is 4.27. The molecule has 0 aromatic heterocycles. The van der Waals surface area contributed by atoms with Crippen LogP contribution in [0.2, 0.25) is 0 Å². The zero-order valence-electron chi connectivity index (χ0n) is 16.3. The number of rotatable bonds is 4. The van der Waals surface area contributed by atoms with Crippen molar-refractivity contribution in [2.24, 2.45) is 5.92 Å². The molecule has 8 heteroatoms. The number of carbonyl (C=O) groups excluding carboxylic acids is 2. The van der Waals surface area contributed by atoms with Gasteiger partial charge in [-0.1, -0.05) is 6.07 Å². The monoisotopic (exact) mass is 417 g/mol. The van der Waals surface area contributed by atoms with Crippen molar-refractivity contribution in [1.29, 1.82) is 0 Å². The van der Waals surface area contributed by atoms with Crippen molar-refractivity contribution in [3.8, 4) is 0 Å². The van der Waals surface area contributed by atoms with Gasteiger partial charge in [-0.2, -0.15) is 13.2 Å². The minimum Gasteiger partial charge on any atom is -0.372 e. The number of amides is 2. The van der Waals surface area contributed by atoms with Crippen LogP contribution in [0.1, 0.15) is 24.8 Å². The highest BCUT2D eigenvalue weighted by Gasteiger charge is 2.36. The van der Waals surface area contributed by atoms with Gasteiger partial charge in [-0.15, -0.1) is 0 Å². The lowest BCUT2D eigenvalue weighted by molar-refractivity contribution is -0.137. The highest BCUT2D eigenvalue weighted by atomic mass is 19.4. The second-order valence-corrected chi connectivity index (χ2v) is 7.68. The van der Waals surface area contributed by atoms with Crippen LogP contribution in [0.5, 0.6) is 0 Å². The number of hydrogen-bond donors (Lipinski definition) is 1. The van der Waals surface area contributed by atoms with Crippen LogP contribution >= 0.6 is 0 Å². The Kier molecular flexibility index (Phi) is 5.40. The van der Waals surface area contributed by atoms with E-state index in [9.17, 15) is 22.8 Å². The standard InChI is InChI=1S/C22H22F3N3O2/c23-22(24,25)16-4-3-5-17(13-16)26-21(30)15-12-20(29)28(14-15)19-8-6-18(7-9-19)27-10-1-2-11-27/h3-9,13,15H,1-2,10-12,14H2,(H,26,30). The van der Waals surface area contributed by atoms with Crippen molar-refractivity contribution in [3.63, 3.8) is 0 Å². The molecule has 4 rings (SSSR count). The van der Waals surface area contributed by atoms with Crippen LogP contribution in [0.15, 0.2) is 48.5 Å². The summed E-state index contributed by atoms with van der Waals surface area (Å²) in [5.74, 6) is -1.25. The smallest absolute Gasteiger partial charge is 0.372 e. The minimum atomic E-state index is -4.48. The number of nitrogens with one attached hydrogen (secondary N) is 1. The molecule has 2 aliphatic heterocycles. The molecule has 2 fully saturated rings. The Hall–Kier alpha value is -3.03. The highest BCUT2D eigenvalue weighted by molar-refractivity contribution is 6.03. The third-order valence-electron chi connectivity index (χ3n) is 5.59. The lowest BCUT2D eigenvalue weighted by Crippen LogP contribution is -2.28. The molecule has 0 bridgehead atoms. The summed E-state index contributed by atoms with van der Waals surface area (Å²) in [6, 6.07) is 12.2. The van der Waals surface area contributed by atoms with Gasteiger partial charge in [0.25, 0.3) is 0 Å². The van der Waals surface area contributed by atoms with E-state index in [2.05, 4.69) is 10.2 Å².